The highest BCUT2D eigenvalue weighted by molar-refractivity contribution is 7.99. The number of rotatable bonds is 3. The van der Waals surface area contributed by atoms with Gasteiger partial charge in [-0.25, -0.2) is 9.18 Å². The van der Waals surface area contributed by atoms with Gasteiger partial charge < -0.3 is 10.0 Å². The molecule has 1 aliphatic rings. The van der Waals surface area contributed by atoms with Gasteiger partial charge in [-0.1, -0.05) is 0 Å². The Bertz CT molecular complexity index is 567. The van der Waals surface area contributed by atoms with Crippen LogP contribution in [0.3, 0.4) is 0 Å². The number of halogens is 1. The predicted octanol–water partition coefficient (Wildman–Crippen LogP) is 2.37. The largest absolute Gasteiger partial charge is 0.478 e. The van der Waals surface area contributed by atoms with Gasteiger partial charge in [0.05, 0.1) is 16.6 Å². The molecule has 1 atom stereocenters. The molecule has 1 unspecified atom stereocenters. The number of benzene rings is 1. The van der Waals surface area contributed by atoms with E-state index in [1.807, 2.05) is 6.92 Å². The maximum absolute atomic E-state index is 13.6. The Hall–Kier alpha value is -1.83. The van der Waals surface area contributed by atoms with E-state index in [0.29, 0.717) is 12.6 Å². The van der Waals surface area contributed by atoms with Crippen LogP contribution < -0.4 is 4.90 Å². The lowest BCUT2D eigenvalue weighted by atomic mass is 10.1. The Balaban J connectivity index is 2.56. The number of carbonyl (C=O) groups is 1. The smallest absolute Gasteiger partial charge is 0.338 e. The highest BCUT2D eigenvalue weighted by atomic mass is 32.2. The van der Waals surface area contributed by atoms with Crippen molar-refractivity contribution in [1.29, 1.82) is 0 Å². The van der Waals surface area contributed by atoms with Crippen LogP contribution in [0.4, 0.5) is 15.8 Å². The molecule has 1 aromatic carbocycles. The summed E-state index contributed by atoms with van der Waals surface area (Å²) >= 11 is 1.73. The lowest BCUT2D eigenvalue weighted by Crippen LogP contribution is -2.40. The normalized spacial score (nSPS) is 18.9. The van der Waals surface area contributed by atoms with Crippen molar-refractivity contribution in [2.45, 2.75) is 13.0 Å². The standard InChI is InChI=1S/C12H13FN2O4S/c1-7-6-20-3-2-14(7)10-4-8(12(16)17)9(13)5-11(10)15(18)19/h4-5,7H,2-3,6H2,1H3,(H,16,17). The fourth-order valence-electron chi connectivity index (χ4n) is 2.18. The Morgan fingerprint density at radius 2 is 2.30 bits per heavy atom. The summed E-state index contributed by atoms with van der Waals surface area (Å²) in [5, 5.41) is 20.0. The van der Waals surface area contributed by atoms with E-state index in [1.54, 1.807) is 16.7 Å². The van der Waals surface area contributed by atoms with Gasteiger partial charge in [-0.2, -0.15) is 11.8 Å². The first kappa shape index (κ1) is 14.6. The summed E-state index contributed by atoms with van der Waals surface area (Å²) in [5.74, 6) is -0.942. The van der Waals surface area contributed by atoms with Crippen LogP contribution in [-0.4, -0.2) is 40.1 Å². The van der Waals surface area contributed by atoms with Gasteiger partial charge in [-0.15, -0.1) is 0 Å². The van der Waals surface area contributed by atoms with Crippen molar-refractivity contribution in [3.8, 4) is 0 Å². The molecule has 0 amide bonds. The monoisotopic (exact) mass is 300 g/mol. The van der Waals surface area contributed by atoms with Crippen LogP contribution in [0.5, 0.6) is 0 Å². The molecular weight excluding hydrogens is 287 g/mol. The molecule has 1 fully saturated rings. The van der Waals surface area contributed by atoms with Crippen LogP contribution >= 0.6 is 11.8 Å². The number of nitro benzene ring substituents is 1. The molecule has 0 aromatic heterocycles. The summed E-state index contributed by atoms with van der Waals surface area (Å²) in [6.45, 7) is 2.47. The fourth-order valence-corrected chi connectivity index (χ4v) is 3.19. The first-order valence-electron chi connectivity index (χ1n) is 5.97. The summed E-state index contributed by atoms with van der Waals surface area (Å²) in [5.41, 5.74) is -0.774. The Morgan fingerprint density at radius 3 is 2.85 bits per heavy atom. The molecule has 8 heteroatoms. The van der Waals surface area contributed by atoms with Gasteiger partial charge in [0.15, 0.2) is 0 Å². The van der Waals surface area contributed by atoms with Crippen LogP contribution in [-0.2, 0) is 0 Å². The third kappa shape index (κ3) is 2.69. The highest BCUT2D eigenvalue weighted by Crippen LogP contribution is 2.34. The molecule has 1 N–H and O–H groups in total. The van der Waals surface area contributed by atoms with Crippen molar-refractivity contribution < 1.29 is 19.2 Å². The number of hydrogen-bond acceptors (Lipinski definition) is 5. The maximum atomic E-state index is 13.6. The number of nitro groups is 1. The minimum atomic E-state index is -1.43. The zero-order chi connectivity index (χ0) is 14.9. The second-order valence-corrected chi connectivity index (χ2v) is 5.65. The van der Waals surface area contributed by atoms with E-state index in [1.165, 1.54) is 0 Å². The molecule has 1 heterocycles. The molecule has 20 heavy (non-hydrogen) atoms. The Kier molecular flexibility index (Phi) is 4.12. The fraction of sp³-hybridized carbons (Fsp3) is 0.417. The summed E-state index contributed by atoms with van der Waals surface area (Å²) in [4.78, 5) is 23.1. The molecule has 2 rings (SSSR count). The number of thioether (sulfide) groups is 1. The quantitative estimate of drug-likeness (QED) is 0.681. The van der Waals surface area contributed by atoms with Crippen molar-refractivity contribution in [1.82, 2.24) is 0 Å². The summed E-state index contributed by atoms with van der Waals surface area (Å²) in [6.07, 6.45) is 0. The minimum Gasteiger partial charge on any atom is -0.478 e. The van der Waals surface area contributed by atoms with Crippen LogP contribution in [0.2, 0.25) is 0 Å². The van der Waals surface area contributed by atoms with Gasteiger partial charge in [0.25, 0.3) is 5.69 Å². The number of hydrogen-bond donors (Lipinski definition) is 1. The molecule has 0 spiro atoms. The van der Waals surface area contributed by atoms with Crippen LogP contribution in [0.1, 0.15) is 17.3 Å². The summed E-state index contributed by atoms with van der Waals surface area (Å²) < 4.78 is 13.6. The van der Waals surface area contributed by atoms with Crippen molar-refractivity contribution in [3.63, 3.8) is 0 Å². The predicted molar refractivity (Wildman–Crippen MR) is 74.1 cm³/mol. The van der Waals surface area contributed by atoms with Crippen molar-refractivity contribution in [2.75, 3.05) is 23.0 Å². The molecule has 0 saturated carbocycles. The molecule has 108 valence electrons. The van der Waals surface area contributed by atoms with E-state index >= 15 is 0 Å². The SMILES string of the molecule is CC1CSCCN1c1cc(C(=O)O)c(F)cc1[N+](=O)[O-]. The van der Waals surface area contributed by atoms with Gasteiger partial charge in [0, 0.05) is 24.1 Å². The highest BCUT2D eigenvalue weighted by Gasteiger charge is 2.29. The molecule has 0 bridgehead atoms. The van der Waals surface area contributed by atoms with Crippen LogP contribution in [0.25, 0.3) is 0 Å². The van der Waals surface area contributed by atoms with Gasteiger partial charge >= 0.3 is 5.97 Å². The molecule has 6 nitrogen and oxygen atoms in total. The molecule has 0 aliphatic carbocycles. The lowest BCUT2D eigenvalue weighted by Gasteiger charge is -2.34. The van der Waals surface area contributed by atoms with Gasteiger partial charge in [0.1, 0.15) is 11.5 Å². The number of aromatic carboxylic acids is 1. The van der Waals surface area contributed by atoms with E-state index in [-0.39, 0.29) is 11.7 Å². The first-order chi connectivity index (χ1) is 9.41. The topological polar surface area (TPSA) is 83.7 Å². The lowest BCUT2D eigenvalue weighted by molar-refractivity contribution is -0.384. The van der Waals surface area contributed by atoms with E-state index in [0.717, 1.165) is 17.6 Å². The molecule has 1 aliphatic heterocycles. The van der Waals surface area contributed by atoms with Crippen LogP contribution in [0, 0.1) is 15.9 Å². The average molecular weight is 300 g/mol. The van der Waals surface area contributed by atoms with E-state index < -0.39 is 28.0 Å². The molecule has 1 saturated heterocycles. The first-order valence-corrected chi connectivity index (χ1v) is 7.13. The molecule has 0 radical (unpaired) electrons. The van der Waals surface area contributed by atoms with E-state index in [9.17, 15) is 19.3 Å². The Morgan fingerprint density at radius 1 is 1.60 bits per heavy atom. The number of anilines is 1. The average Bonchev–Trinajstić information content (AvgIpc) is 2.38. The second-order valence-electron chi connectivity index (χ2n) is 4.50. The Labute approximate surface area is 118 Å². The van der Waals surface area contributed by atoms with Crippen molar-refractivity contribution in [2.24, 2.45) is 0 Å². The van der Waals surface area contributed by atoms with Gasteiger partial charge in [-0.05, 0) is 13.0 Å². The van der Waals surface area contributed by atoms with Crippen molar-refractivity contribution >= 4 is 29.1 Å². The van der Waals surface area contributed by atoms with Crippen LogP contribution in [0.15, 0.2) is 12.1 Å². The van der Waals surface area contributed by atoms with E-state index in [4.69, 9.17) is 5.11 Å². The second kappa shape index (κ2) is 5.66. The minimum absolute atomic E-state index is 0.0274. The van der Waals surface area contributed by atoms with Gasteiger partial charge in [0.2, 0.25) is 0 Å². The molecular formula is C12H13FN2O4S. The maximum Gasteiger partial charge on any atom is 0.338 e. The third-order valence-corrected chi connectivity index (χ3v) is 4.36. The van der Waals surface area contributed by atoms with E-state index in [2.05, 4.69) is 0 Å². The summed E-state index contributed by atoms with van der Waals surface area (Å²) in [7, 11) is 0. The molecule has 1 aromatic rings. The zero-order valence-corrected chi connectivity index (χ0v) is 11.5. The number of carboxylic acid groups (broad SMARTS) is 1. The summed E-state index contributed by atoms with van der Waals surface area (Å²) in [6, 6.07) is 1.77. The van der Waals surface area contributed by atoms with Crippen molar-refractivity contribution in [3.05, 3.63) is 33.6 Å². The third-order valence-electron chi connectivity index (χ3n) is 3.17. The zero-order valence-electron chi connectivity index (χ0n) is 10.7. The van der Waals surface area contributed by atoms with Gasteiger partial charge in [-0.3, -0.25) is 10.1 Å². The number of nitrogens with zero attached hydrogens (tertiary/aromatic N) is 2. The number of carboxylic acids is 1.